The summed E-state index contributed by atoms with van der Waals surface area (Å²) in [6.07, 6.45) is 5.11. The second-order valence-corrected chi connectivity index (χ2v) is 7.77. The van der Waals surface area contributed by atoms with Crippen molar-refractivity contribution < 1.29 is 9.90 Å². The van der Waals surface area contributed by atoms with Crippen molar-refractivity contribution in [3.63, 3.8) is 0 Å². The van der Waals surface area contributed by atoms with Gasteiger partial charge in [-0.1, -0.05) is 19.9 Å². The summed E-state index contributed by atoms with van der Waals surface area (Å²) in [6, 6.07) is 5.92. The number of hydrogen-bond acceptors (Lipinski definition) is 2. The minimum absolute atomic E-state index is 0.0517. The van der Waals surface area contributed by atoms with Crippen LogP contribution in [0.15, 0.2) is 18.2 Å². The van der Waals surface area contributed by atoms with Gasteiger partial charge in [0, 0.05) is 11.8 Å². The smallest absolute Gasteiger partial charge is 0.139 e. The predicted molar refractivity (Wildman–Crippen MR) is 82.3 cm³/mol. The molecule has 3 aliphatic rings. The molecule has 0 saturated heterocycles. The SMILES string of the molecule is C[C@@H]1Cc2cc(O)ccc2[C@@H]2CC[C@]3(C)C(=O)CC[C@H]3[C@H]12. The maximum absolute atomic E-state index is 12.4. The van der Waals surface area contributed by atoms with E-state index in [2.05, 4.69) is 19.9 Å². The van der Waals surface area contributed by atoms with Crippen LogP contribution >= 0.6 is 0 Å². The van der Waals surface area contributed by atoms with E-state index in [0.717, 1.165) is 32.1 Å². The van der Waals surface area contributed by atoms with E-state index in [9.17, 15) is 9.90 Å². The van der Waals surface area contributed by atoms with Crippen LogP contribution in [0.4, 0.5) is 0 Å². The third kappa shape index (κ3) is 1.74. The highest BCUT2D eigenvalue weighted by molar-refractivity contribution is 5.87. The number of hydrogen-bond donors (Lipinski definition) is 1. The largest absolute Gasteiger partial charge is 0.508 e. The summed E-state index contributed by atoms with van der Waals surface area (Å²) in [5, 5.41) is 9.75. The van der Waals surface area contributed by atoms with Crippen LogP contribution in [0.5, 0.6) is 5.75 Å². The Morgan fingerprint density at radius 2 is 2.10 bits per heavy atom. The molecule has 1 N–H and O–H groups in total. The van der Waals surface area contributed by atoms with Crippen LogP contribution in [0.3, 0.4) is 0 Å². The highest BCUT2D eigenvalue weighted by Gasteiger charge is 2.56. The monoisotopic (exact) mass is 284 g/mol. The molecule has 2 fully saturated rings. The number of aromatic hydroxyl groups is 1. The maximum atomic E-state index is 12.4. The lowest BCUT2D eigenvalue weighted by atomic mass is 9.53. The fourth-order valence-corrected chi connectivity index (χ4v) is 5.74. The van der Waals surface area contributed by atoms with Crippen molar-refractivity contribution in [2.45, 2.75) is 51.9 Å². The van der Waals surface area contributed by atoms with E-state index < -0.39 is 0 Å². The standard InChI is InChI=1S/C19H24O2/c1-11-9-12-10-13(20)3-4-14(12)15-7-8-19(2)16(18(11)15)5-6-17(19)21/h3-4,10-11,15-16,18,20H,5-9H2,1-2H3/t11-,15+,16+,18-,19+/m1/s1. The topological polar surface area (TPSA) is 37.3 Å². The highest BCUT2D eigenvalue weighted by atomic mass is 16.3. The third-order valence-corrected chi connectivity index (χ3v) is 6.77. The molecule has 1 aromatic rings. The lowest BCUT2D eigenvalue weighted by molar-refractivity contribution is -0.129. The fourth-order valence-electron chi connectivity index (χ4n) is 5.74. The Kier molecular flexibility index (Phi) is 2.76. The molecule has 21 heavy (non-hydrogen) atoms. The minimum atomic E-state index is -0.0517. The molecule has 0 unspecified atom stereocenters. The Hall–Kier alpha value is -1.31. The van der Waals surface area contributed by atoms with Crippen molar-refractivity contribution >= 4 is 5.78 Å². The van der Waals surface area contributed by atoms with Gasteiger partial charge in [0.05, 0.1) is 0 Å². The summed E-state index contributed by atoms with van der Waals surface area (Å²) in [7, 11) is 0. The number of rotatable bonds is 0. The second kappa shape index (κ2) is 4.34. The molecule has 0 aliphatic heterocycles. The fraction of sp³-hybridized carbons (Fsp3) is 0.632. The summed E-state index contributed by atoms with van der Waals surface area (Å²) in [5.41, 5.74) is 2.72. The lowest BCUT2D eigenvalue weighted by Gasteiger charge is -2.51. The Labute approximate surface area is 126 Å². The first-order chi connectivity index (χ1) is 10.0. The zero-order valence-electron chi connectivity index (χ0n) is 12.9. The molecule has 0 aromatic heterocycles. The molecule has 5 atom stereocenters. The number of phenols is 1. The number of benzene rings is 1. The summed E-state index contributed by atoms with van der Waals surface area (Å²) in [4.78, 5) is 12.4. The van der Waals surface area contributed by atoms with E-state index in [1.54, 1.807) is 0 Å². The van der Waals surface area contributed by atoms with Crippen LogP contribution in [0, 0.1) is 23.2 Å². The number of Topliss-reactive ketones (excluding diaryl/α,β-unsaturated/α-hetero) is 1. The normalized spacial score (nSPS) is 41.3. The zero-order chi connectivity index (χ0) is 14.8. The number of carbonyl (C=O) groups excluding carboxylic acids is 1. The Morgan fingerprint density at radius 3 is 2.90 bits per heavy atom. The average molecular weight is 284 g/mol. The Balaban J connectivity index is 1.77. The quantitative estimate of drug-likeness (QED) is 0.780. The highest BCUT2D eigenvalue weighted by Crippen LogP contribution is 2.60. The van der Waals surface area contributed by atoms with Gasteiger partial charge in [-0.05, 0) is 72.6 Å². The summed E-state index contributed by atoms with van der Waals surface area (Å²) in [6.45, 7) is 4.57. The predicted octanol–water partition coefficient (Wildman–Crippen LogP) is 4.06. The van der Waals surface area contributed by atoms with Gasteiger partial charge in [-0.2, -0.15) is 0 Å². The molecule has 1 aromatic carbocycles. The summed E-state index contributed by atoms with van der Waals surface area (Å²) >= 11 is 0. The van der Waals surface area contributed by atoms with E-state index in [1.165, 1.54) is 11.1 Å². The molecule has 4 rings (SSSR count). The molecule has 0 bridgehead atoms. The molecule has 2 heteroatoms. The van der Waals surface area contributed by atoms with E-state index in [-0.39, 0.29) is 5.41 Å². The van der Waals surface area contributed by atoms with E-state index in [4.69, 9.17) is 0 Å². The van der Waals surface area contributed by atoms with Gasteiger partial charge >= 0.3 is 0 Å². The van der Waals surface area contributed by atoms with Crippen LogP contribution in [0.2, 0.25) is 0 Å². The van der Waals surface area contributed by atoms with Gasteiger partial charge in [0.1, 0.15) is 11.5 Å². The third-order valence-electron chi connectivity index (χ3n) is 6.77. The van der Waals surface area contributed by atoms with Crippen LogP contribution in [0.1, 0.15) is 56.6 Å². The molecular weight excluding hydrogens is 260 g/mol. The molecule has 0 spiro atoms. The second-order valence-electron chi connectivity index (χ2n) is 7.77. The lowest BCUT2D eigenvalue weighted by Crippen LogP contribution is -2.45. The van der Waals surface area contributed by atoms with Crippen molar-refractivity contribution in [2.24, 2.45) is 23.2 Å². The van der Waals surface area contributed by atoms with Crippen molar-refractivity contribution in [3.8, 4) is 5.75 Å². The van der Waals surface area contributed by atoms with Gasteiger partial charge in [-0.15, -0.1) is 0 Å². The average Bonchev–Trinajstić information content (AvgIpc) is 2.74. The van der Waals surface area contributed by atoms with Crippen LogP contribution in [-0.4, -0.2) is 10.9 Å². The molecule has 3 aliphatic carbocycles. The number of ketones is 1. The molecule has 2 saturated carbocycles. The van der Waals surface area contributed by atoms with Gasteiger partial charge < -0.3 is 5.11 Å². The number of fused-ring (bicyclic) bond motifs is 5. The van der Waals surface area contributed by atoms with Crippen LogP contribution in [0.25, 0.3) is 0 Å². The van der Waals surface area contributed by atoms with E-state index in [0.29, 0.717) is 35.2 Å². The van der Waals surface area contributed by atoms with Gasteiger partial charge in [0.25, 0.3) is 0 Å². The number of carbonyl (C=O) groups is 1. The number of phenolic OH excluding ortho intramolecular Hbond substituents is 1. The first kappa shape index (κ1) is 13.4. The van der Waals surface area contributed by atoms with Gasteiger partial charge in [0.2, 0.25) is 0 Å². The van der Waals surface area contributed by atoms with Gasteiger partial charge in [0.15, 0.2) is 0 Å². The van der Waals surface area contributed by atoms with Crippen molar-refractivity contribution in [1.29, 1.82) is 0 Å². The Bertz CT molecular complexity index is 606. The van der Waals surface area contributed by atoms with Gasteiger partial charge in [-0.3, -0.25) is 4.79 Å². The van der Waals surface area contributed by atoms with Crippen molar-refractivity contribution in [3.05, 3.63) is 29.3 Å². The summed E-state index contributed by atoms with van der Waals surface area (Å²) < 4.78 is 0. The maximum Gasteiger partial charge on any atom is 0.139 e. The van der Waals surface area contributed by atoms with Crippen molar-refractivity contribution in [1.82, 2.24) is 0 Å². The molecule has 0 heterocycles. The first-order valence-corrected chi connectivity index (χ1v) is 8.36. The molecule has 112 valence electrons. The van der Waals surface area contributed by atoms with Crippen LogP contribution in [-0.2, 0) is 11.2 Å². The first-order valence-electron chi connectivity index (χ1n) is 8.36. The molecule has 0 radical (unpaired) electrons. The molecule has 0 amide bonds. The van der Waals surface area contributed by atoms with E-state index in [1.807, 2.05) is 12.1 Å². The minimum Gasteiger partial charge on any atom is -0.508 e. The summed E-state index contributed by atoms with van der Waals surface area (Å²) in [5.74, 6) is 3.31. The Morgan fingerprint density at radius 1 is 1.29 bits per heavy atom. The van der Waals surface area contributed by atoms with E-state index >= 15 is 0 Å². The zero-order valence-corrected chi connectivity index (χ0v) is 12.9. The van der Waals surface area contributed by atoms with Crippen LogP contribution < -0.4 is 0 Å². The molecule has 2 nitrogen and oxygen atoms in total. The van der Waals surface area contributed by atoms with Crippen molar-refractivity contribution in [2.75, 3.05) is 0 Å². The molecular formula is C19H24O2. The van der Waals surface area contributed by atoms with Gasteiger partial charge in [-0.25, -0.2) is 0 Å².